The summed E-state index contributed by atoms with van der Waals surface area (Å²) in [5.41, 5.74) is 4.36. The molecule has 0 radical (unpaired) electrons. The Kier molecular flexibility index (Phi) is 4.53. The number of aliphatic hydroxyl groups excluding tert-OH is 3. The SMILES string of the molecule is Nc1nc(NC(CO)(CO)CO)nc(N2CCCC2)n1. The van der Waals surface area contributed by atoms with E-state index in [0.29, 0.717) is 5.95 Å². The molecule has 1 aliphatic heterocycles. The lowest BCUT2D eigenvalue weighted by Crippen LogP contribution is -2.49. The summed E-state index contributed by atoms with van der Waals surface area (Å²) in [5, 5.41) is 30.6. The van der Waals surface area contributed by atoms with Gasteiger partial charge in [0.2, 0.25) is 17.8 Å². The smallest absolute Gasteiger partial charge is 0.231 e. The van der Waals surface area contributed by atoms with Crippen LogP contribution >= 0.6 is 0 Å². The average molecular weight is 284 g/mol. The van der Waals surface area contributed by atoms with Crippen LogP contribution in [0.25, 0.3) is 0 Å². The molecule has 0 unspecified atom stereocenters. The molecule has 0 aliphatic carbocycles. The molecule has 0 amide bonds. The minimum atomic E-state index is -1.30. The van der Waals surface area contributed by atoms with Gasteiger partial charge < -0.3 is 31.3 Å². The number of nitrogens with one attached hydrogen (secondary N) is 1. The largest absolute Gasteiger partial charge is 0.394 e. The lowest BCUT2D eigenvalue weighted by molar-refractivity contribution is 0.0828. The van der Waals surface area contributed by atoms with Crippen molar-refractivity contribution in [1.82, 2.24) is 15.0 Å². The van der Waals surface area contributed by atoms with Crippen molar-refractivity contribution in [3.63, 3.8) is 0 Å². The van der Waals surface area contributed by atoms with E-state index in [2.05, 4.69) is 20.3 Å². The maximum absolute atomic E-state index is 9.29. The van der Waals surface area contributed by atoms with Gasteiger partial charge >= 0.3 is 0 Å². The van der Waals surface area contributed by atoms with Gasteiger partial charge in [-0.2, -0.15) is 15.0 Å². The van der Waals surface area contributed by atoms with Crippen LogP contribution in [0.5, 0.6) is 0 Å². The lowest BCUT2D eigenvalue weighted by Gasteiger charge is -2.29. The van der Waals surface area contributed by atoms with Crippen molar-refractivity contribution in [2.24, 2.45) is 0 Å². The summed E-state index contributed by atoms with van der Waals surface area (Å²) < 4.78 is 0. The number of aromatic nitrogens is 3. The van der Waals surface area contributed by atoms with Crippen LogP contribution in [0.2, 0.25) is 0 Å². The van der Waals surface area contributed by atoms with Crippen LogP contribution in [-0.4, -0.2) is 68.7 Å². The fourth-order valence-corrected chi connectivity index (χ4v) is 2.00. The Labute approximate surface area is 116 Å². The molecule has 0 aromatic carbocycles. The van der Waals surface area contributed by atoms with E-state index in [4.69, 9.17) is 5.73 Å². The highest BCUT2D eigenvalue weighted by molar-refractivity contribution is 5.43. The standard InChI is InChI=1S/C11H20N6O3/c12-8-13-9(16-11(5-18,6-19)7-20)15-10(14-8)17-3-1-2-4-17/h18-20H,1-7H2,(H3,12,13,14,15,16). The number of nitrogens with two attached hydrogens (primary N) is 1. The van der Waals surface area contributed by atoms with Gasteiger partial charge in [0.15, 0.2) is 0 Å². The highest BCUT2D eigenvalue weighted by Gasteiger charge is 2.29. The molecule has 2 rings (SSSR count). The van der Waals surface area contributed by atoms with Crippen LogP contribution in [0.15, 0.2) is 0 Å². The minimum Gasteiger partial charge on any atom is -0.394 e. The molecule has 0 saturated carbocycles. The number of aliphatic hydroxyl groups is 3. The third-order valence-corrected chi connectivity index (χ3v) is 3.31. The highest BCUT2D eigenvalue weighted by atomic mass is 16.3. The molecule has 1 aliphatic rings. The Morgan fingerprint density at radius 2 is 1.65 bits per heavy atom. The molecule has 112 valence electrons. The second-order valence-electron chi connectivity index (χ2n) is 4.89. The molecular weight excluding hydrogens is 264 g/mol. The summed E-state index contributed by atoms with van der Waals surface area (Å²) in [6, 6.07) is 0. The van der Waals surface area contributed by atoms with Crippen molar-refractivity contribution >= 4 is 17.8 Å². The van der Waals surface area contributed by atoms with Crippen molar-refractivity contribution in [1.29, 1.82) is 0 Å². The summed E-state index contributed by atoms with van der Waals surface area (Å²) in [6.45, 7) is 0.308. The Morgan fingerprint density at radius 3 is 2.20 bits per heavy atom. The predicted molar refractivity (Wildman–Crippen MR) is 73.3 cm³/mol. The summed E-state index contributed by atoms with van der Waals surface area (Å²) in [6.07, 6.45) is 2.14. The van der Waals surface area contributed by atoms with Crippen molar-refractivity contribution < 1.29 is 15.3 Å². The first kappa shape index (κ1) is 14.7. The number of hydrogen-bond donors (Lipinski definition) is 5. The van der Waals surface area contributed by atoms with Crippen LogP contribution in [0.4, 0.5) is 17.8 Å². The van der Waals surface area contributed by atoms with E-state index in [9.17, 15) is 15.3 Å². The van der Waals surface area contributed by atoms with E-state index in [1.807, 2.05) is 4.90 Å². The van der Waals surface area contributed by atoms with Gasteiger partial charge in [-0.05, 0) is 12.8 Å². The fraction of sp³-hybridized carbons (Fsp3) is 0.727. The maximum atomic E-state index is 9.29. The third-order valence-electron chi connectivity index (χ3n) is 3.31. The number of anilines is 3. The lowest BCUT2D eigenvalue weighted by atomic mass is 10.0. The van der Waals surface area contributed by atoms with E-state index >= 15 is 0 Å². The van der Waals surface area contributed by atoms with E-state index < -0.39 is 25.4 Å². The normalized spacial score (nSPS) is 15.7. The van der Waals surface area contributed by atoms with Crippen molar-refractivity contribution in [3.8, 4) is 0 Å². The molecule has 2 heterocycles. The Hall–Kier alpha value is -1.71. The van der Waals surface area contributed by atoms with E-state index in [1.165, 1.54) is 0 Å². The zero-order valence-electron chi connectivity index (χ0n) is 11.2. The molecule has 1 fully saturated rings. The quantitative estimate of drug-likeness (QED) is 0.408. The minimum absolute atomic E-state index is 0.0483. The molecule has 0 bridgehead atoms. The molecule has 1 aromatic heterocycles. The Morgan fingerprint density at radius 1 is 1.05 bits per heavy atom. The molecule has 1 saturated heterocycles. The van der Waals surface area contributed by atoms with Gasteiger partial charge in [0.25, 0.3) is 0 Å². The van der Waals surface area contributed by atoms with Gasteiger partial charge in [-0.1, -0.05) is 0 Å². The van der Waals surface area contributed by atoms with Crippen LogP contribution < -0.4 is 16.0 Å². The second kappa shape index (κ2) is 6.16. The van der Waals surface area contributed by atoms with Gasteiger partial charge in [0, 0.05) is 13.1 Å². The molecule has 9 nitrogen and oxygen atoms in total. The van der Waals surface area contributed by atoms with Crippen LogP contribution in [0.3, 0.4) is 0 Å². The zero-order chi connectivity index (χ0) is 14.6. The topological polar surface area (TPSA) is 141 Å². The van der Waals surface area contributed by atoms with Gasteiger partial charge in [-0.3, -0.25) is 0 Å². The zero-order valence-corrected chi connectivity index (χ0v) is 11.2. The van der Waals surface area contributed by atoms with Gasteiger partial charge in [0.05, 0.1) is 19.8 Å². The maximum Gasteiger partial charge on any atom is 0.231 e. The van der Waals surface area contributed by atoms with Crippen LogP contribution in [0.1, 0.15) is 12.8 Å². The third kappa shape index (κ3) is 3.06. The van der Waals surface area contributed by atoms with Crippen molar-refractivity contribution in [2.75, 3.05) is 48.9 Å². The number of nitrogen functional groups attached to an aromatic ring is 1. The molecular formula is C11H20N6O3. The number of nitrogens with zero attached hydrogens (tertiary/aromatic N) is 4. The Balaban J connectivity index is 2.23. The molecule has 6 N–H and O–H groups in total. The van der Waals surface area contributed by atoms with Crippen molar-refractivity contribution in [2.45, 2.75) is 18.4 Å². The molecule has 1 aromatic rings. The average Bonchev–Trinajstić information content (AvgIpc) is 2.98. The molecule has 0 spiro atoms. The van der Waals surface area contributed by atoms with Gasteiger partial charge in [-0.15, -0.1) is 0 Å². The van der Waals surface area contributed by atoms with E-state index in [0.717, 1.165) is 25.9 Å². The summed E-state index contributed by atoms with van der Waals surface area (Å²) in [5.74, 6) is 0.629. The van der Waals surface area contributed by atoms with E-state index in [-0.39, 0.29) is 11.9 Å². The first-order valence-electron chi connectivity index (χ1n) is 6.50. The van der Waals surface area contributed by atoms with Gasteiger partial charge in [-0.25, -0.2) is 0 Å². The fourth-order valence-electron chi connectivity index (χ4n) is 2.00. The summed E-state index contributed by atoms with van der Waals surface area (Å²) >= 11 is 0. The first-order valence-corrected chi connectivity index (χ1v) is 6.50. The van der Waals surface area contributed by atoms with Crippen molar-refractivity contribution in [3.05, 3.63) is 0 Å². The van der Waals surface area contributed by atoms with Crippen LogP contribution in [-0.2, 0) is 0 Å². The monoisotopic (exact) mass is 284 g/mol. The molecule has 9 heteroatoms. The van der Waals surface area contributed by atoms with E-state index in [1.54, 1.807) is 0 Å². The molecule has 0 atom stereocenters. The summed E-state index contributed by atoms with van der Waals surface area (Å²) in [4.78, 5) is 14.2. The van der Waals surface area contributed by atoms with Gasteiger partial charge in [0.1, 0.15) is 5.54 Å². The summed E-state index contributed by atoms with van der Waals surface area (Å²) in [7, 11) is 0. The van der Waals surface area contributed by atoms with Crippen LogP contribution in [0, 0.1) is 0 Å². The number of hydrogen-bond acceptors (Lipinski definition) is 9. The molecule has 20 heavy (non-hydrogen) atoms. The second-order valence-corrected chi connectivity index (χ2v) is 4.89. The predicted octanol–water partition coefficient (Wildman–Crippen LogP) is -1.82. The first-order chi connectivity index (χ1) is 9.62. The Bertz CT molecular complexity index is 440. The highest BCUT2D eigenvalue weighted by Crippen LogP contribution is 2.19. The number of rotatable bonds is 6.